The number of carbonyl (C=O) groups is 2. The number of hydrogen-bond acceptors (Lipinski definition) is 7. The molecule has 2 aliphatic heterocycles. The number of hydroxylamine groups is 1. The van der Waals surface area contributed by atoms with Crippen LogP contribution in [0.5, 0.6) is 5.75 Å². The number of amides is 2. The third-order valence-electron chi connectivity index (χ3n) is 8.33. The molecule has 0 saturated carbocycles. The van der Waals surface area contributed by atoms with Crippen molar-refractivity contribution < 1.29 is 38.2 Å². The second kappa shape index (κ2) is 11.4. The molecule has 2 heterocycles. The van der Waals surface area contributed by atoms with Gasteiger partial charge in [-0.2, -0.15) is 5.01 Å². The fourth-order valence-corrected chi connectivity index (χ4v) is 5.95. The van der Waals surface area contributed by atoms with E-state index in [1.165, 1.54) is 38.1 Å². The number of nitrogens with zero attached hydrogens (tertiary/aromatic N) is 3. The molecule has 0 bridgehead atoms. The molecule has 13 heteroatoms. The van der Waals surface area contributed by atoms with E-state index in [-0.39, 0.29) is 40.4 Å². The predicted octanol–water partition coefficient (Wildman–Crippen LogP) is 3.88. The minimum Gasteiger partial charge on any atom is -0.508 e. The van der Waals surface area contributed by atoms with E-state index in [0.717, 1.165) is 17.1 Å². The molecule has 4 N–H and O–H groups in total. The number of carbonyl (C=O) groups excluding carboxylic acids is 2. The van der Waals surface area contributed by atoms with Crippen LogP contribution in [0.25, 0.3) is 0 Å². The first-order chi connectivity index (χ1) is 20.3. The Labute approximate surface area is 250 Å². The van der Waals surface area contributed by atoms with Gasteiger partial charge in [0.1, 0.15) is 23.3 Å². The Kier molecular flexibility index (Phi) is 8.18. The Hall–Kier alpha value is -3.68. The number of alkyl halides is 2. The highest BCUT2D eigenvalue weighted by molar-refractivity contribution is 6.31. The summed E-state index contributed by atoms with van der Waals surface area (Å²) in [5.74, 6) is -6.10. The molecular formula is C30H30ClF3N4O5. The Balaban J connectivity index is 1.40. The highest BCUT2D eigenvalue weighted by Gasteiger charge is 2.77. The van der Waals surface area contributed by atoms with Crippen molar-refractivity contribution in [1.29, 1.82) is 0 Å². The van der Waals surface area contributed by atoms with Crippen molar-refractivity contribution in [2.24, 2.45) is 0 Å². The molecule has 43 heavy (non-hydrogen) atoms. The van der Waals surface area contributed by atoms with Gasteiger partial charge in [-0.3, -0.25) is 14.8 Å². The lowest BCUT2D eigenvalue weighted by molar-refractivity contribution is -0.436. The van der Waals surface area contributed by atoms with Gasteiger partial charge in [-0.15, -0.1) is 0 Å². The number of aliphatic hydroxyl groups is 1. The van der Waals surface area contributed by atoms with E-state index in [4.69, 9.17) is 11.6 Å². The first kappa shape index (κ1) is 30.8. The Morgan fingerprint density at radius 1 is 1.12 bits per heavy atom. The number of phenols is 1. The van der Waals surface area contributed by atoms with Gasteiger partial charge in [0.25, 0.3) is 17.7 Å². The molecule has 0 aliphatic carbocycles. The van der Waals surface area contributed by atoms with E-state index in [2.05, 4.69) is 5.32 Å². The summed E-state index contributed by atoms with van der Waals surface area (Å²) >= 11 is 6.09. The minimum absolute atomic E-state index is 0.0217. The zero-order valence-electron chi connectivity index (χ0n) is 23.2. The summed E-state index contributed by atoms with van der Waals surface area (Å²) in [5, 5.41) is 36.2. The lowest BCUT2D eigenvalue weighted by Gasteiger charge is -2.59. The molecular weight excluding hydrogens is 589 g/mol. The van der Waals surface area contributed by atoms with E-state index in [0.29, 0.717) is 15.6 Å². The van der Waals surface area contributed by atoms with Crippen molar-refractivity contribution >= 4 is 23.4 Å². The van der Waals surface area contributed by atoms with Crippen LogP contribution in [0, 0.1) is 12.7 Å². The number of aliphatic hydroxyl groups excluding tert-OH is 1. The van der Waals surface area contributed by atoms with Gasteiger partial charge in [0.2, 0.25) is 0 Å². The molecule has 9 nitrogen and oxygen atoms in total. The van der Waals surface area contributed by atoms with Crippen LogP contribution in [0.3, 0.4) is 0 Å². The van der Waals surface area contributed by atoms with Crippen LogP contribution in [0.2, 0.25) is 5.02 Å². The summed E-state index contributed by atoms with van der Waals surface area (Å²) < 4.78 is 44.7. The topological polar surface area (TPSA) is 117 Å². The highest BCUT2D eigenvalue weighted by atomic mass is 35.5. The molecule has 3 aromatic rings. The lowest BCUT2D eigenvalue weighted by atomic mass is 9.88. The third-order valence-corrected chi connectivity index (χ3v) is 8.68. The van der Waals surface area contributed by atoms with Gasteiger partial charge < -0.3 is 20.4 Å². The van der Waals surface area contributed by atoms with Crippen molar-refractivity contribution in [1.82, 2.24) is 20.4 Å². The van der Waals surface area contributed by atoms with Crippen LogP contribution < -0.4 is 5.32 Å². The molecule has 0 spiro atoms. The molecule has 2 amide bonds. The molecule has 4 atom stereocenters. The van der Waals surface area contributed by atoms with E-state index in [1.807, 2.05) is 0 Å². The SMILES string of the molecule is Cc1c(O)cccc1C(=O)NC(Cc1ccccc1)[C@H](O)C(=O)N1CC(F)(F)C2(C)[C@H]1N(O)N2Cc1ccc(F)cc1Cl. The van der Waals surface area contributed by atoms with E-state index >= 15 is 8.78 Å². The maximum absolute atomic E-state index is 15.6. The summed E-state index contributed by atoms with van der Waals surface area (Å²) in [6.07, 6.45) is -3.55. The fourth-order valence-electron chi connectivity index (χ4n) is 5.73. The van der Waals surface area contributed by atoms with Crippen molar-refractivity contribution in [2.75, 3.05) is 6.54 Å². The van der Waals surface area contributed by atoms with Gasteiger partial charge in [-0.05, 0) is 55.7 Å². The van der Waals surface area contributed by atoms with Gasteiger partial charge in [-0.1, -0.05) is 59.2 Å². The Bertz CT molecular complexity index is 1550. The van der Waals surface area contributed by atoms with Crippen LogP contribution in [0.15, 0.2) is 66.7 Å². The summed E-state index contributed by atoms with van der Waals surface area (Å²) in [4.78, 5) is 27.6. The van der Waals surface area contributed by atoms with Crippen LogP contribution >= 0.6 is 11.6 Å². The summed E-state index contributed by atoms with van der Waals surface area (Å²) in [5.41, 5.74) is -0.783. The molecule has 228 valence electrons. The molecule has 2 unspecified atom stereocenters. The number of halogens is 4. The number of nitrogens with one attached hydrogen (secondary N) is 1. The van der Waals surface area contributed by atoms with Gasteiger partial charge in [0.15, 0.2) is 6.10 Å². The monoisotopic (exact) mass is 618 g/mol. The van der Waals surface area contributed by atoms with Crippen LogP contribution in [-0.2, 0) is 17.8 Å². The molecule has 5 rings (SSSR count). The highest BCUT2D eigenvalue weighted by Crippen LogP contribution is 2.54. The number of fused-ring (bicyclic) bond motifs is 1. The van der Waals surface area contributed by atoms with Crippen LogP contribution in [-0.4, -0.2) is 78.6 Å². The lowest BCUT2D eigenvalue weighted by Crippen LogP contribution is -2.81. The van der Waals surface area contributed by atoms with E-state index < -0.39 is 53.9 Å². The van der Waals surface area contributed by atoms with Gasteiger partial charge >= 0.3 is 0 Å². The molecule has 2 aliphatic rings. The zero-order chi connectivity index (χ0) is 31.3. The Morgan fingerprint density at radius 2 is 1.81 bits per heavy atom. The van der Waals surface area contributed by atoms with Crippen molar-refractivity contribution in [2.45, 2.75) is 56.6 Å². The number of phenolic OH excluding ortho intramolecular Hbond substituents is 1. The largest absolute Gasteiger partial charge is 0.508 e. The number of hydrazine groups is 1. The van der Waals surface area contributed by atoms with Crippen molar-refractivity contribution in [3.8, 4) is 5.75 Å². The van der Waals surface area contributed by atoms with Crippen LogP contribution in [0.4, 0.5) is 13.2 Å². The fraction of sp³-hybridized carbons (Fsp3) is 0.333. The number of likely N-dealkylation sites (tertiary alicyclic amines) is 1. The van der Waals surface area contributed by atoms with Crippen LogP contribution in [0.1, 0.15) is 34.0 Å². The second-order valence-electron chi connectivity index (χ2n) is 11.0. The molecule has 0 aromatic heterocycles. The predicted molar refractivity (Wildman–Crippen MR) is 150 cm³/mol. The average molecular weight is 619 g/mol. The standard InChI is InChI=1S/C30H30ClF3N4O5/c1-17-21(9-6-10-24(17)39)26(41)35-23(13-18-7-4-3-5-8-18)25(40)27(42)36-16-30(33,34)29(2)28(36)38(43)37(29)15-19-11-12-20(32)14-22(19)31/h3-12,14,23,25,28,39-40,43H,13,15-16H2,1-2H3,(H,35,41)/t23?,25-,28+,29?/m0/s1. The van der Waals surface area contributed by atoms with Gasteiger partial charge in [0.05, 0.1) is 12.6 Å². The summed E-state index contributed by atoms with van der Waals surface area (Å²) in [6.45, 7) is 1.28. The van der Waals surface area contributed by atoms with E-state index in [1.54, 1.807) is 30.3 Å². The number of aromatic hydroxyl groups is 1. The maximum atomic E-state index is 15.6. The first-order valence-corrected chi connectivity index (χ1v) is 13.8. The normalized spacial score (nSPS) is 22.9. The molecule has 0 radical (unpaired) electrons. The zero-order valence-corrected chi connectivity index (χ0v) is 24.0. The second-order valence-corrected chi connectivity index (χ2v) is 11.4. The van der Waals surface area contributed by atoms with Crippen molar-refractivity contribution in [3.63, 3.8) is 0 Å². The molecule has 3 aromatic carbocycles. The van der Waals surface area contributed by atoms with Gasteiger partial charge in [0, 0.05) is 22.7 Å². The maximum Gasteiger partial charge on any atom is 0.287 e. The molecule has 2 fully saturated rings. The Morgan fingerprint density at radius 3 is 2.49 bits per heavy atom. The average Bonchev–Trinajstić information content (AvgIpc) is 3.15. The summed E-state index contributed by atoms with van der Waals surface area (Å²) in [6, 6.07) is 15.2. The van der Waals surface area contributed by atoms with Crippen molar-refractivity contribution in [3.05, 3.63) is 99.8 Å². The van der Waals surface area contributed by atoms with E-state index in [9.17, 15) is 29.4 Å². The number of hydrogen-bond donors (Lipinski definition) is 4. The first-order valence-electron chi connectivity index (χ1n) is 13.5. The van der Waals surface area contributed by atoms with Gasteiger partial charge in [-0.25, -0.2) is 13.2 Å². The summed E-state index contributed by atoms with van der Waals surface area (Å²) in [7, 11) is 0. The number of benzene rings is 3. The quantitative estimate of drug-likeness (QED) is 0.303. The third kappa shape index (κ3) is 5.34. The molecule has 2 saturated heterocycles. The smallest absolute Gasteiger partial charge is 0.287 e. The minimum atomic E-state index is -3.55. The number of rotatable bonds is 8.